The van der Waals surface area contributed by atoms with Crippen LogP contribution in [-0.2, 0) is 9.31 Å². The second-order valence-corrected chi connectivity index (χ2v) is 6.49. The van der Waals surface area contributed by atoms with Crippen LogP contribution in [0.2, 0.25) is 0 Å². The molecule has 22 heavy (non-hydrogen) atoms. The molecular weight excluding hydrogens is 275 g/mol. The van der Waals surface area contributed by atoms with Crippen molar-refractivity contribution in [2.75, 3.05) is 0 Å². The fraction of sp³-hybridized carbons (Fsp3) is 0.412. The van der Waals surface area contributed by atoms with Crippen molar-refractivity contribution in [1.29, 1.82) is 0 Å². The Balaban J connectivity index is 1.79. The maximum absolute atomic E-state index is 7.41. The van der Waals surface area contributed by atoms with Gasteiger partial charge in [-0.15, -0.1) is 0 Å². The first-order valence-corrected chi connectivity index (χ1v) is 7.28. The molecule has 0 saturated carbocycles. The average molecular weight is 299 g/mol. The van der Waals surface area contributed by atoms with E-state index in [9.17, 15) is 0 Å². The van der Waals surface area contributed by atoms with Crippen LogP contribution in [-0.4, -0.2) is 28.3 Å². The molecule has 1 fully saturated rings. The van der Waals surface area contributed by atoms with Crippen LogP contribution in [0, 0.1) is 6.85 Å². The quantitative estimate of drug-likeness (QED) is 0.800. The first-order valence-electron chi connectivity index (χ1n) is 8.78. The number of nitrogens with zero attached hydrogens (tertiary/aromatic N) is 2. The molecule has 1 saturated heterocycles. The molecule has 0 amide bonds. The van der Waals surface area contributed by atoms with E-state index in [-0.39, 0.29) is 0 Å². The Morgan fingerprint density at radius 2 is 1.59 bits per heavy atom. The summed E-state index contributed by atoms with van der Waals surface area (Å²) in [6.07, 6.45) is 3.28. The number of hydrogen-bond donors (Lipinski definition) is 0. The molecule has 2 heterocycles. The first-order chi connectivity index (χ1) is 11.5. The number of hydrogen-bond acceptors (Lipinski definition) is 4. The highest BCUT2D eigenvalue weighted by Crippen LogP contribution is 2.36. The van der Waals surface area contributed by atoms with E-state index in [1.165, 1.54) is 0 Å². The molecule has 0 bridgehead atoms. The number of rotatable bonds is 2. The third kappa shape index (κ3) is 2.66. The smallest absolute Gasteiger partial charge is 0.398 e. The highest BCUT2D eigenvalue weighted by Gasteiger charge is 2.52. The standard InChI is InChI=1S/C17H21BN2O2/c1-12-6-8-13(9-7-12)14-10-20-15(11-19-14)18-21-16(2,3)17(4,5)22-18/h6-11H,1-5H3/i1D3. The van der Waals surface area contributed by atoms with Gasteiger partial charge in [-0.1, -0.05) is 29.8 Å². The number of aryl methyl sites for hydroxylation is 1. The lowest BCUT2D eigenvalue weighted by Gasteiger charge is -2.32. The average Bonchev–Trinajstić information content (AvgIpc) is 2.75. The van der Waals surface area contributed by atoms with Gasteiger partial charge in [0.1, 0.15) is 0 Å². The Morgan fingerprint density at radius 1 is 0.955 bits per heavy atom. The fourth-order valence-electron chi connectivity index (χ4n) is 2.21. The van der Waals surface area contributed by atoms with E-state index in [1.54, 1.807) is 36.7 Å². The van der Waals surface area contributed by atoms with E-state index < -0.39 is 25.2 Å². The molecule has 0 radical (unpaired) electrons. The van der Waals surface area contributed by atoms with Gasteiger partial charge in [0.15, 0.2) is 0 Å². The van der Waals surface area contributed by atoms with Crippen molar-refractivity contribution in [3.63, 3.8) is 0 Å². The van der Waals surface area contributed by atoms with Gasteiger partial charge in [0.05, 0.1) is 28.7 Å². The molecule has 0 spiro atoms. The molecule has 1 aromatic heterocycles. The highest BCUT2D eigenvalue weighted by molar-refractivity contribution is 6.61. The van der Waals surface area contributed by atoms with Crippen molar-refractivity contribution in [2.24, 2.45) is 0 Å². The maximum atomic E-state index is 7.41. The topological polar surface area (TPSA) is 44.2 Å². The Morgan fingerprint density at radius 3 is 2.09 bits per heavy atom. The van der Waals surface area contributed by atoms with E-state index in [1.807, 2.05) is 27.7 Å². The zero-order chi connectivity index (χ0) is 18.5. The van der Waals surface area contributed by atoms with Gasteiger partial charge in [0.25, 0.3) is 0 Å². The summed E-state index contributed by atoms with van der Waals surface area (Å²) in [7, 11) is -0.551. The van der Waals surface area contributed by atoms with Gasteiger partial charge >= 0.3 is 7.12 Å². The van der Waals surface area contributed by atoms with Crippen LogP contribution in [0.3, 0.4) is 0 Å². The van der Waals surface area contributed by atoms with Crippen LogP contribution >= 0.6 is 0 Å². The largest absolute Gasteiger partial charge is 0.516 e. The number of aromatic nitrogens is 2. The lowest BCUT2D eigenvalue weighted by molar-refractivity contribution is 0.00578. The molecule has 1 aliphatic rings. The molecule has 3 rings (SSSR count). The van der Waals surface area contributed by atoms with Gasteiger partial charge in [-0.3, -0.25) is 9.97 Å². The van der Waals surface area contributed by atoms with Crippen molar-refractivity contribution in [1.82, 2.24) is 9.97 Å². The Hall–Kier alpha value is -1.72. The molecule has 114 valence electrons. The predicted octanol–water partition coefficient (Wildman–Crippen LogP) is 2.75. The van der Waals surface area contributed by atoms with Crippen molar-refractivity contribution in [3.8, 4) is 11.3 Å². The Kier molecular flexibility index (Phi) is 2.78. The van der Waals surface area contributed by atoms with Crippen LogP contribution in [0.25, 0.3) is 11.3 Å². The molecule has 1 aromatic carbocycles. The van der Waals surface area contributed by atoms with Gasteiger partial charge in [-0.2, -0.15) is 0 Å². The summed E-state index contributed by atoms with van der Waals surface area (Å²) in [4.78, 5) is 8.83. The summed E-state index contributed by atoms with van der Waals surface area (Å²) >= 11 is 0. The van der Waals surface area contributed by atoms with Gasteiger partial charge in [-0.05, 0) is 34.5 Å². The van der Waals surface area contributed by atoms with Crippen LogP contribution in [0.5, 0.6) is 0 Å². The lowest BCUT2D eigenvalue weighted by atomic mass is 9.85. The highest BCUT2D eigenvalue weighted by atomic mass is 16.7. The van der Waals surface area contributed by atoms with E-state index in [0.717, 1.165) is 5.56 Å². The van der Waals surface area contributed by atoms with Gasteiger partial charge in [0.2, 0.25) is 0 Å². The summed E-state index contributed by atoms with van der Waals surface area (Å²) in [5, 5.41) is 0. The minimum atomic E-state index is -2.11. The van der Waals surface area contributed by atoms with E-state index in [0.29, 0.717) is 16.9 Å². The first kappa shape index (κ1) is 11.8. The van der Waals surface area contributed by atoms with Crippen LogP contribution in [0.15, 0.2) is 36.7 Å². The van der Waals surface area contributed by atoms with Gasteiger partial charge < -0.3 is 9.31 Å². The van der Waals surface area contributed by atoms with Crippen LogP contribution in [0.1, 0.15) is 37.4 Å². The van der Waals surface area contributed by atoms with E-state index in [4.69, 9.17) is 13.4 Å². The molecule has 0 aliphatic carbocycles. The van der Waals surface area contributed by atoms with E-state index >= 15 is 0 Å². The van der Waals surface area contributed by atoms with Crippen molar-refractivity contribution >= 4 is 12.7 Å². The molecule has 0 unspecified atom stereocenters. The zero-order valence-electron chi connectivity index (χ0n) is 16.3. The Bertz CT molecular complexity index is 743. The van der Waals surface area contributed by atoms with Crippen molar-refractivity contribution in [3.05, 3.63) is 42.2 Å². The molecule has 2 aromatic rings. The molecule has 0 atom stereocenters. The normalized spacial score (nSPS) is 22.0. The molecule has 5 heteroatoms. The van der Waals surface area contributed by atoms with Crippen molar-refractivity contribution < 1.29 is 13.4 Å². The van der Waals surface area contributed by atoms with Crippen LogP contribution in [0.4, 0.5) is 0 Å². The molecule has 1 aliphatic heterocycles. The third-order valence-corrected chi connectivity index (χ3v) is 4.35. The predicted molar refractivity (Wildman–Crippen MR) is 87.9 cm³/mol. The lowest BCUT2D eigenvalue weighted by Crippen LogP contribution is -2.41. The summed E-state index contributed by atoms with van der Waals surface area (Å²) in [5.41, 5.74) is 1.53. The van der Waals surface area contributed by atoms with Crippen LogP contribution < -0.4 is 5.59 Å². The van der Waals surface area contributed by atoms with E-state index in [2.05, 4.69) is 9.97 Å². The molecular formula is C17H21BN2O2. The Labute approximate surface area is 136 Å². The van der Waals surface area contributed by atoms with Gasteiger partial charge in [-0.25, -0.2) is 0 Å². The monoisotopic (exact) mass is 299 g/mol. The van der Waals surface area contributed by atoms with Crippen molar-refractivity contribution in [2.45, 2.75) is 45.7 Å². The molecule has 0 N–H and O–H groups in total. The minimum absolute atomic E-state index is 0.304. The molecule has 4 nitrogen and oxygen atoms in total. The van der Waals surface area contributed by atoms with Gasteiger partial charge in [0, 0.05) is 15.9 Å². The summed E-state index contributed by atoms with van der Waals surface area (Å²) in [6, 6.07) is 6.65. The fourth-order valence-corrected chi connectivity index (χ4v) is 2.21. The number of benzene rings is 1. The summed E-state index contributed by atoms with van der Waals surface area (Å²) < 4.78 is 34.2. The SMILES string of the molecule is [2H]C([2H])([2H])c1ccc(-c2cnc(B3OC(C)(C)C(C)(C)O3)cn2)cc1. The maximum Gasteiger partial charge on any atom is 0.516 e. The zero-order valence-corrected chi connectivity index (χ0v) is 13.3. The third-order valence-electron chi connectivity index (χ3n) is 4.35. The second kappa shape index (κ2) is 5.18. The summed E-state index contributed by atoms with van der Waals surface area (Å²) in [6.45, 7) is 5.84. The minimum Gasteiger partial charge on any atom is -0.398 e. The second-order valence-electron chi connectivity index (χ2n) is 6.49. The summed E-state index contributed by atoms with van der Waals surface area (Å²) in [5.74, 6) is 0.